The van der Waals surface area contributed by atoms with Crippen molar-refractivity contribution in [3.63, 3.8) is 0 Å². The van der Waals surface area contributed by atoms with Gasteiger partial charge in [0.15, 0.2) is 9.84 Å². The van der Waals surface area contributed by atoms with Crippen molar-refractivity contribution in [3.8, 4) is 0 Å². The Morgan fingerprint density at radius 3 is 2.44 bits per heavy atom. The molecule has 1 aromatic carbocycles. The zero-order valence-electron chi connectivity index (χ0n) is 14.6. The molecule has 2 amide bonds. The largest absolute Gasteiger partial charge is 0.368 e. The summed E-state index contributed by atoms with van der Waals surface area (Å²) < 4.78 is 22.9. The molecule has 0 aliphatic carbocycles. The summed E-state index contributed by atoms with van der Waals surface area (Å²) in [6.07, 6.45) is 3.66. The van der Waals surface area contributed by atoms with Crippen LogP contribution in [0.5, 0.6) is 0 Å². The lowest BCUT2D eigenvalue weighted by Gasteiger charge is -2.42. The van der Waals surface area contributed by atoms with Crippen LogP contribution in [-0.2, 0) is 26.0 Å². The van der Waals surface area contributed by atoms with Crippen molar-refractivity contribution >= 4 is 21.7 Å². The van der Waals surface area contributed by atoms with E-state index < -0.39 is 21.3 Å². The van der Waals surface area contributed by atoms with Crippen molar-refractivity contribution in [3.05, 3.63) is 29.8 Å². The molecule has 1 heterocycles. The second-order valence-corrected chi connectivity index (χ2v) is 8.73. The minimum absolute atomic E-state index is 0.112. The van der Waals surface area contributed by atoms with Crippen LogP contribution in [0.3, 0.4) is 0 Å². The van der Waals surface area contributed by atoms with Gasteiger partial charge in [0.05, 0.1) is 17.0 Å². The van der Waals surface area contributed by atoms with E-state index in [-0.39, 0.29) is 17.3 Å². The van der Waals surface area contributed by atoms with Crippen LogP contribution in [0.4, 0.5) is 0 Å². The minimum Gasteiger partial charge on any atom is -0.368 e. The summed E-state index contributed by atoms with van der Waals surface area (Å²) in [6, 6.07) is 6.38. The van der Waals surface area contributed by atoms with Crippen LogP contribution in [-0.4, -0.2) is 50.0 Å². The number of piperidine rings is 1. The lowest BCUT2D eigenvalue weighted by atomic mass is 9.87. The first-order chi connectivity index (χ1) is 11.6. The smallest absolute Gasteiger partial charge is 0.237 e. The Bertz CT molecular complexity index is 746. The van der Waals surface area contributed by atoms with Gasteiger partial charge in [-0.3, -0.25) is 14.5 Å². The molecule has 1 saturated heterocycles. The molecule has 1 aliphatic rings. The molecular formula is C17H25N3O4S. The molecule has 3 N–H and O–H groups in total. The zero-order chi connectivity index (χ0) is 18.7. The summed E-state index contributed by atoms with van der Waals surface area (Å²) in [5, 5.41) is 2.80. The average Bonchev–Trinajstić information content (AvgIpc) is 2.54. The number of carbonyl (C=O) groups is 2. The fourth-order valence-corrected chi connectivity index (χ4v) is 3.62. The van der Waals surface area contributed by atoms with E-state index in [2.05, 4.69) is 5.32 Å². The highest BCUT2D eigenvalue weighted by Gasteiger charge is 2.40. The third-order valence-electron chi connectivity index (χ3n) is 4.75. The van der Waals surface area contributed by atoms with Gasteiger partial charge in [0.2, 0.25) is 11.8 Å². The third-order valence-corrected chi connectivity index (χ3v) is 5.87. The van der Waals surface area contributed by atoms with E-state index in [0.717, 1.165) is 24.7 Å². The van der Waals surface area contributed by atoms with E-state index in [1.807, 2.05) is 4.90 Å². The van der Waals surface area contributed by atoms with E-state index in [4.69, 9.17) is 5.73 Å². The summed E-state index contributed by atoms with van der Waals surface area (Å²) in [6.45, 7) is 2.85. The maximum absolute atomic E-state index is 12.2. The number of amides is 2. The molecule has 1 aliphatic heterocycles. The Kier molecular flexibility index (Phi) is 5.84. The molecule has 7 nitrogen and oxygen atoms in total. The number of sulfone groups is 1. The number of primary amides is 1. The maximum atomic E-state index is 12.2. The van der Waals surface area contributed by atoms with E-state index >= 15 is 0 Å². The number of hydrogen-bond acceptors (Lipinski definition) is 5. The monoisotopic (exact) mass is 367 g/mol. The lowest BCUT2D eigenvalue weighted by molar-refractivity contribution is -0.134. The number of rotatable bonds is 6. The summed E-state index contributed by atoms with van der Waals surface area (Å²) in [7, 11) is -3.23. The fraction of sp³-hybridized carbons (Fsp3) is 0.529. The summed E-state index contributed by atoms with van der Waals surface area (Å²) in [5.41, 5.74) is 5.54. The number of carbonyl (C=O) groups excluding carboxylic acids is 2. The molecule has 0 saturated carbocycles. The van der Waals surface area contributed by atoms with Gasteiger partial charge in [0.1, 0.15) is 0 Å². The van der Waals surface area contributed by atoms with Gasteiger partial charge < -0.3 is 11.1 Å². The predicted molar refractivity (Wildman–Crippen MR) is 94.4 cm³/mol. The van der Waals surface area contributed by atoms with Crippen LogP contribution in [0.1, 0.15) is 31.7 Å². The van der Waals surface area contributed by atoms with Gasteiger partial charge in [-0.1, -0.05) is 12.1 Å². The van der Waals surface area contributed by atoms with E-state index in [1.165, 1.54) is 12.1 Å². The van der Waals surface area contributed by atoms with Crippen molar-refractivity contribution in [2.45, 2.75) is 43.2 Å². The number of benzene rings is 1. The normalized spacial score (nSPS) is 21.7. The number of nitrogens with one attached hydrogen (secondary N) is 1. The first-order valence-corrected chi connectivity index (χ1v) is 10.1. The number of hydrogen-bond donors (Lipinski definition) is 2. The van der Waals surface area contributed by atoms with Crippen LogP contribution in [0, 0.1) is 0 Å². The Balaban J connectivity index is 1.93. The molecule has 138 valence electrons. The molecule has 25 heavy (non-hydrogen) atoms. The molecule has 0 bridgehead atoms. The zero-order valence-corrected chi connectivity index (χ0v) is 15.4. The number of nitrogens with two attached hydrogens (primary N) is 1. The first-order valence-electron chi connectivity index (χ1n) is 8.23. The maximum Gasteiger partial charge on any atom is 0.237 e. The van der Waals surface area contributed by atoms with E-state index in [9.17, 15) is 18.0 Å². The van der Waals surface area contributed by atoms with Gasteiger partial charge in [0, 0.05) is 12.8 Å². The molecule has 1 fully saturated rings. The molecular weight excluding hydrogens is 342 g/mol. The molecule has 1 aromatic rings. The van der Waals surface area contributed by atoms with Crippen molar-refractivity contribution in [2.75, 3.05) is 19.3 Å². The standard InChI is InChI=1S/C17H25N3O4S/c1-17(16(18)22)9-3-4-10-20(17)12-15(21)19-11-13-5-7-14(8-6-13)25(2,23)24/h5-8H,3-4,9-12H2,1-2H3,(H2,18,22)(H,19,21). The van der Waals surface area contributed by atoms with Gasteiger partial charge in [-0.2, -0.15) is 0 Å². The summed E-state index contributed by atoms with van der Waals surface area (Å²) in [4.78, 5) is 26.1. The molecule has 8 heteroatoms. The Hall–Kier alpha value is -1.93. The van der Waals surface area contributed by atoms with Crippen LogP contribution in [0.25, 0.3) is 0 Å². The highest BCUT2D eigenvalue weighted by molar-refractivity contribution is 7.90. The van der Waals surface area contributed by atoms with Crippen molar-refractivity contribution < 1.29 is 18.0 Å². The molecule has 0 aromatic heterocycles. The van der Waals surface area contributed by atoms with Crippen molar-refractivity contribution in [2.24, 2.45) is 5.73 Å². The highest BCUT2D eigenvalue weighted by atomic mass is 32.2. The second-order valence-electron chi connectivity index (χ2n) is 6.71. The predicted octanol–water partition coefficient (Wildman–Crippen LogP) is 0.436. The Labute approximate surface area is 148 Å². The SMILES string of the molecule is CC1(C(N)=O)CCCCN1CC(=O)NCc1ccc(S(C)(=O)=O)cc1. The van der Waals surface area contributed by atoms with Gasteiger partial charge in [0.25, 0.3) is 0 Å². The van der Waals surface area contributed by atoms with Crippen LogP contribution in [0.15, 0.2) is 29.2 Å². The molecule has 1 atom stereocenters. The van der Waals surface area contributed by atoms with Gasteiger partial charge >= 0.3 is 0 Å². The molecule has 1 unspecified atom stereocenters. The number of nitrogens with zero attached hydrogens (tertiary/aromatic N) is 1. The Morgan fingerprint density at radius 2 is 1.88 bits per heavy atom. The van der Waals surface area contributed by atoms with Crippen LogP contribution >= 0.6 is 0 Å². The first kappa shape index (κ1) is 19.4. The molecule has 0 spiro atoms. The lowest BCUT2D eigenvalue weighted by Crippen LogP contribution is -2.59. The quantitative estimate of drug-likeness (QED) is 0.758. The Morgan fingerprint density at radius 1 is 1.24 bits per heavy atom. The van der Waals surface area contributed by atoms with Crippen molar-refractivity contribution in [1.82, 2.24) is 10.2 Å². The topological polar surface area (TPSA) is 110 Å². The summed E-state index contributed by atoms with van der Waals surface area (Å²) in [5.74, 6) is -0.599. The van der Waals surface area contributed by atoms with Gasteiger partial charge in [-0.15, -0.1) is 0 Å². The minimum atomic E-state index is -3.23. The molecule has 2 rings (SSSR count). The average molecular weight is 367 g/mol. The van der Waals surface area contributed by atoms with Crippen LogP contribution in [0.2, 0.25) is 0 Å². The van der Waals surface area contributed by atoms with Crippen LogP contribution < -0.4 is 11.1 Å². The van der Waals surface area contributed by atoms with Gasteiger partial charge in [-0.05, 0) is 50.4 Å². The van der Waals surface area contributed by atoms with E-state index in [0.29, 0.717) is 19.5 Å². The molecule has 0 radical (unpaired) electrons. The third kappa shape index (κ3) is 4.79. The number of likely N-dealkylation sites (tertiary alicyclic amines) is 1. The highest BCUT2D eigenvalue weighted by Crippen LogP contribution is 2.27. The van der Waals surface area contributed by atoms with Gasteiger partial charge in [-0.25, -0.2) is 8.42 Å². The second kappa shape index (κ2) is 7.53. The van der Waals surface area contributed by atoms with Crippen molar-refractivity contribution in [1.29, 1.82) is 0 Å². The fourth-order valence-electron chi connectivity index (χ4n) is 2.99. The van der Waals surface area contributed by atoms with E-state index in [1.54, 1.807) is 19.1 Å². The summed E-state index contributed by atoms with van der Waals surface area (Å²) >= 11 is 0.